The van der Waals surface area contributed by atoms with Crippen LogP contribution in [0.3, 0.4) is 0 Å². The highest BCUT2D eigenvalue weighted by molar-refractivity contribution is 5.83. The van der Waals surface area contributed by atoms with Crippen molar-refractivity contribution in [3.8, 4) is 0 Å². The van der Waals surface area contributed by atoms with Crippen LogP contribution >= 0.6 is 0 Å². The number of aliphatic hydroxyl groups is 1. The first-order valence-corrected chi connectivity index (χ1v) is 9.36. The summed E-state index contributed by atoms with van der Waals surface area (Å²) in [4.78, 5) is 17.4. The second-order valence-corrected chi connectivity index (χ2v) is 7.17. The molecule has 4 nitrogen and oxygen atoms in total. The maximum absolute atomic E-state index is 12.3. The highest BCUT2D eigenvalue weighted by atomic mass is 16.3. The molecule has 1 heterocycles. The monoisotopic (exact) mass is 363 g/mol. The van der Waals surface area contributed by atoms with E-state index in [9.17, 15) is 9.90 Å². The van der Waals surface area contributed by atoms with Crippen molar-refractivity contribution in [1.29, 1.82) is 0 Å². The first-order valence-electron chi connectivity index (χ1n) is 9.36. The van der Waals surface area contributed by atoms with Gasteiger partial charge in [0.25, 0.3) is 0 Å². The number of nitrogens with one attached hydrogen (secondary N) is 1. The zero-order valence-corrected chi connectivity index (χ0v) is 16.0. The Kier molecular flexibility index (Phi) is 6.30. The fourth-order valence-corrected chi connectivity index (χ4v) is 3.61. The van der Waals surface area contributed by atoms with E-state index >= 15 is 0 Å². The molecule has 1 atom stereocenters. The molecule has 0 fully saturated rings. The maximum atomic E-state index is 12.3. The molecule has 0 aliphatic rings. The topological polar surface area (TPSA) is 56.3 Å². The number of benzene rings is 2. The van der Waals surface area contributed by atoms with E-state index in [1.165, 1.54) is 16.9 Å². The van der Waals surface area contributed by atoms with Crippen LogP contribution in [0.4, 0.5) is 0 Å². The predicted molar refractivity (Wildman–Crippen MR) is 109 cm³/mol. The summed E-state index contributed by atoms with van der Waals surface area (Å²) in [5.41, 5.74) is 3.48. The van der Waals surface area contributed by atoms with Crippen LogP contribution in [-0.2, 0) is 17.6 Å². The number of carbonyl (C=O) groups is 1. The van der Waals surface area contributed by atoms with E-state index < -0.39 is 0 Å². The van der Waals surface area contributed by atoms with Crippen LogP contribution in [0, 0.1) is 5.92 Å². The Morgan fingerprint density at radius 2 is 1.78 bits per heavy atom. The van der Waals surface area contributed by atoms with Gasteiger partial charge in [-0.2, -0.15) is 0 Å². The lowest BCUT2D eigenvalue weighted by molar-refractivity contribution is -0.131. The number of amides is 1. The van der Waals surface area contributed by atoms with Crippen molar-refractivity contribution in [3.63, 3.8) is 0 Å². The zero-order chi connectivity index (χ0) is 19.2. The number of H-pyrrole nitrogens is 1. The van der Waals surface area contributed by atoms with Crippen molar-refractivity contribution in [2.75, 3.05) is 13.2 Å². The largest absolute Gasteiger partial charge is 0.394 e. The molecule has 0 saturated carbocycles. The van der Waals surface area contributed by atoms with Gasteiger partial charge in [-0.15, -0.1) is 0 Å². The van der Waals surface area contributed by atoms with E-state index in [1.807, 2.05) is 48.7 Å². The molecular formula is C23H27N2O2. The molecule has 1 amide bonds. The number of rotatable bonds is 8. The summed E-state index contributed by atoms with van der Waals surface area (Å²) in [5.74, 6) is 1.18. The second-order valence-electron chi connectivity index (χ2n) is 7.17. The summed E-state index contributed by atoms with van der Waals surface area (Å²) in [5, 5.41) is 11.1. The zero-order valence-electron chi connectivity index (χ0n) is 16.0. The first-order chi connectivity index (χ1) is 13.1. The highest BCUT2D eigenvalue weighted by Crippen LogP contribution is 2.22. The van der Waals surface area contributed by atoms with Crippen LogP contribution in [0.2, 0.25) is 0 Å². The quantitative estimate of drug-likeness (QED) is 0.640. The highest BCUT2D eigenvalue weighted by Gasteiger charge is 2.23. The van der Waals surface area contributed by atoms with Gasteiger partial charge in [0.1, 0.15) is 0 Å². The fourth-order valence-electron chi connectivity index (χ4n) is 3.61. The number of aromatic nitrogens is 1. The van der Waals surface area contributed by atoms with E-state index in [2.05, 4.69) is 24.0 Å². The molecule has 0 bridgehead atoms. The van der Waals surface area contributed by atoms with Crippen molar-refractivity contribution < 1.29 is 9.90 Å². The van der Waals surface area contributed by atoms with Crippen LogP contribution in [0.25, 0.3) is 10.9 Å². The molecule has 0 aliphatic heterocycles. The van der Waals surface area contributed by atoms with Crippen molar-refractivity contribution >= 4 is 16.8 Å². The number of carbonyl (C=O) groups excluding carboxylic acids is 1. The molecule has 2 aromatic carbocycles. The lowest BCUT2D eigenvalue weighted by Gasteiger charge is -2.32. The van der Waals surface area contributed by atoms with Crippen molar-refractivity contribution in [2.45, 2.75) is 32.7 Å². The number of nitrogens with zero attached hydrogens (tertiary/aromatic N) is 1. The first kappa shape index (κ1) is 19.2. The Morgan fingerprint density at radius 1 is 1.07 bits per heavy atom. The molecule has 3 rings (SSSR count). The van der Waals surface area contributed by atoms with E-state index in [0.717, 1.165) is 17.5 Å². The molecule has 4 heteroatoms. The number of aliphatic hydroxyl groups excluding tert-OH is 1. The van der Waals surface area contributed by atoms with Gasteiger partial charge < -0.3 is 15.0 Å². The van der Waals surface area contributed by atoms with Gasteiger partial charge in [0.15, 0.2) is 0 Å². The van der Waals surface area contributed by atoms with Crippen molar-refractivity contribution in [2.24, 2.45) is 0 Å². The smallest absolute Gasteiger partial charge is 0.219 e. The third-order valence-electron chi connectivity index (χ3n) is 4.98. The van der Waals surface area contributed by atoms with Crippen molar-refractivity contribution in [3.05, 3.63) is 77.8 Å². The van der Waals surface area contributed by atoms with E-state index in [-0.39, 0.29) is 18.6 Å². The molecule has 2 N–H and O–H groups in total. The Hall–Kier alpha value is -2.59. The van der Waals surface area contributed by atoms with Crippen LogP contribution in [0.5, 0.6) is 0 Å². The minimum Gasteiger partial charge on any atom is -0.394 e. The summed E-state index contributed by atoms with van der Waals surface area (Å²) in [7, 11) is 0. The molecule has 1 aromatic heterocycles. The minimum absolute atomic E-state index is 0.0109. The molecule has 141 valence electrons. The number of hydrogen-bond donors (Lipinski definition) is 2. The molecule has 1 radical (unpaired) electrons. The minimum atomic E-state index is -0.220. The van der Waals surface area contributed by atoms with Gasteiger partial charge in [-0.25, -0.2) is 0 Å². The Labute approximate surface area is 160 Å². The molecular weight excluding hydrogens is 336 g/mol. The normalized spacial score (nSPS) is 12.4. The Balaban J connectivity index is 1.70. The van der Waals surface area contributed by atoms with Gasteiger partial charge in [0.05, 0.1) is 12.6 Å². The summed E-state index contributed by atoms with van der Waals surface area (Å²) >= 11 is 0. The van der Waals surface area contributed by atoms with E-state index in [1.54, 1.807) is 11.8 Å². The summed E-state index contributed by atoms with van der Waals surface area (Å²) in [6.07, 6.45) is 3.49. The standard InChI is InChI=1S/C23H27N2O2/c1-17(12-20-14-24-23-11-7-6-10-22(20)23)15-25(18(2)27)21(16-26)13-19-8-4-3-5-9-19/h3-11,14,21,24,26H,12-13,15-16H2,1-2H3. The average Bonchev–Trinajstić information content (AvgIpc) is 3.08. The average molecular weight is 363 g/mol. The van der Waals surface area contributed by atoms with Gasteiger partial charge in [0, 0.05) is 30.6 Å². The van der Waals surface area contributed by atoms with Crippen LogP contribution in [0.15, 0.2) is 60.8 Å². The van der Waals surface area contributed by atoms with Gasteiger partial charge in [-0.1, -0.05) is 55.5 Å². The molecule has 0 saturated heterocycles. The summed E-state index contributed by atoms with van der Waals surface area (Å²) < 4.78 is 0. The van der Waals surface area contributed by atoms with Crippen LogP contribution in [-0.4, -0.2) is 40.1 Å². The lowest BCUT2D eigenvalue weighted by Crippen LogP contribution is -2.44. The third kappa shape index (κ3) is 4.77. The summed E-state index contributed by atoms with van der Waals surface area (Å²) in [6.45, 7) is 4.16. The molecule has 1 unspecified atom stereocenters. The van der Waals surface area contributed by atoms with Crippen LogP contribution < -0.4 is 0 Å². The SMILES string of the molecule is C[C](Cc1c[nH]c2ccccc12)CN(C(C)=O)C(CO)Cc1ccccc1. The van der Waals surface area contributed by atoms with Gasteiger partial charge in [-0.05, 0) is 36.0 Å². The third-order valence-corrected chi connectivity index (χ3v) is 4.98. The van der Waals surface area contributed by atoms with Gasteiger partial charge >= 0.3 is 0 Å². The number of fused-ring (bicyclic) bond motifs is 1. The fraction of sp³-hybridized carbons (Fsp3) is 0.304. The molecule has 0 spiro atoms. The number of hydrogen-bond acceptors (Lipinski definition) is 2. The molecule has 27 heavy (non-hydrogen) atoms. The summed E-state index contributed by atoms with van der Waals surface area (Å²) in [6, 6.07) is 18.0. The van der Waals surface area contributed by atoms with E-state index in [4.69, 9.17) is 0 Å². The van der Waals surface area contributed by atoms with Crippen LogP contribution in [0.1, 0.15) is 25.0 Å². The Morgan fingerprint density at radius 3 is 2.48 bits per heavy atom. The molecule has 3 aromatic rings. The lowest BCUT2D eigenvalue weighted by atomic mass is 9.98. The Bertz CT molecular complexity index is 872. The predicted octanol–water partition coefficient (Wildman–Crippen LogP) is 3.76. The van der Waals surface area contributed by atoms with Crippen molar-refractivity contribution in [1.82, 2.24) is 9.88 Å². The number of para-hydroxylation sites is 1. The number of aromatic amines is 1. The molecule has 0 aliphatic carbocycles. The van der Waals surface area contributed by atoms with Gasteiger partial charge in [0.2, 0.25) is 5.91 Å². The van der Waals surface area contributed by atoms with Gasteiger partial charge in [-0.3, -0.25) is 4.79 Å². The van der Waals surface area contributed by atoms with E-state index in [0.29, 0.717) is 13.0 Å². The second kappa shape index (κ2) is 8.87. The maximum Gasteiger partial charge on any atom is 0.219 e.